The van der Waals surface area contributed by atoms with Crippen molar-refractivity contribution >= 4 is 5.91 Å². The summed E-state index contributed by atoms with van der Waals surface area (Å²) in [6, 6.07) is 5.30. The average Bonchev–Trinajstić information content (AvgIpc) is 2.73. The van der Waals surface area contributed by atoms with E-state index in [0.29, 0.717) is 17.4 Å². The number of phenolic OH excluding ortho intramolecular Hbond substituents is 1. The Kier molecular flexibility index (Phi) is 5.07. The maximum Gasteiger partial charge on any atom is 0.253 e. The summed E-state index contributed by atoms with van der Waals surface area (Å²) in [5.74, 6) is 0.395. The zero-order valence-electron chi connectivity index (χ0n) is 13.0. The number of phenols is 1. The lowest BCUT2D eigenvalue weighted by Gasteiger charge is -2.23. The molecule has 0 saturated carbocycles. The first-order chi connectivity index (χ1) is 10.0. The fourth-order valence-corrected chi connectivity index (χ4v) is 2.79. The molecule has 1 fully saturated rings. The van der Waals surface area contributed by atoms with Crippen LogP contribution in [0.25, 0.3) is 0 Å². The third-order valence-electron chi connectivity index (χ3n) is 4.14. The number of hydrogen-bond acceptors (Lipinski definition) is 4. The first kappa shape index (κ1) is 15.6. The number of hydrogen-bond donors (Lipinski definition) is 1. The fraction of sp³-hybridized carbons (Fsp3) is 0.562. The van der Waals surface area contributed by atoms with Crippen molar-refractivity contribution < 1.29 is 14.6 Å². The van der Waals surface area contributed by atoms with Crippen LogP contribution in [-0.4, -0.2) is 61.2 Å². The molecule has 1 aromatic rings. The van der Waals surface area contributed by atoms with Crippen molar-refractivity contribution in [1.29, 1.82) is 0 Å². The highest BCUT2D eigenvalue weighted by Gasteiger charge is 2.23. The number of carbonyl (C=O) groups excluding carboxylic acids is 1. The van der Waals surface area contributed by atoms with Crippen LogP contribution in [0.3, 0.4) is 0 Å². The third-order valence-corrected chi connectivity index (χ3v) is 4.14. The monoisotopic (exact) mass is 292 g/mol. The smallest absolute Gasteiger partial charge is 0.253 e. The second kappa shape index (κ2) is 6.80. The van der Waals surface area contributed by atoms with E-state index >= 15 is 0 Å². The zero-order chi connectivity index (χ0) is 15.4. The molecule has 0 aliphatic carbocycles. The standard InChI is InChI=1S/C16H24N2O3/c1-17(2)13-5-4-9-18(10-8-13)16(20)12-6-7-14(19)15(11-12)21-3/h6-7,11,13,19H,4-5,8-10H2,1-3H3/t13-/m0/s1. The quantitative estimate of drug-likeness (QED) is 0.925. The van der Waals surface area contributed by atoms with E-state index in [2.05, 4.69) is 19.0 Å². The summed E-state index contributed by atoms with van der Waals surface area (Å²) in [7, 11) is 5.66. The van der Waals surface area contributed by atoms with Gasteiger partial charge in [0.15, 0.2) is 11.5 Å². The summed E-state index contributed by atoms with van der Waals surface area (Å²) < 4.78 is 5.07. The molecule has 0 spiro atoms. The summed E-state index contributed by atoms with van der Waals surface area (Å²) in [6.07, 6.45) is 3.13. The lowest BCUT2D eigenvalue weighted by atomic mass is 10.1. The van der Waals surface area contributed by atoms with E-state index in [0.717, 1.165) is 32.4 Å². The SMILES string of the molecule is COc1cc(C(=O)N2CCC[C@H](N(C)C)CC2)ccc1O. The van der Waals surface area contributed by atoms with Gasteiger partial charge in [0.25, 0.3) is 5.91 Å². The summed E-state index contributed by atoms with van der Waals surface area (Å²) >= 11 is 0. The van der Waals surface area contributed by atoms with Gasteiger partial charge in [0.2, 0.25) is 0 Å². The summed E-state index contributed by atoms with van der Waals surface area (Å²) in [5, 5.41) is 9.61. The number of rotatable bonds is 3. The molecule has 0 radical (unpaired) electrons. The molecule has 5 heteroatoms. The predicted molar refractivity (Wildman–Crippen MR) is 81.9 cm³/mol. The molecule has 1 atom stereocenters. The second-order valence-electron chi connectivity index (χ2n) is 5.73. The number of aromatic hydroxyl groups is 1. The van der Waals surface area contributed by atoms with Gasteiger partial charge >= 0.3 is 0 Å². The maximum absolute atomic E-state index is 12.6. The van der Waals surface area contributed by atoms with Crippen LogP contribution in [0, 0.1) is 0 Å². The first-order valence-corrected chi connectivity index (χ1v) is 7.35. The molecular weight excluding hydrogens is 268 g/mol. The normalized spacial score (nSPS) is 19.4. The summed E-state index contributed by atoms with van der Waals surface area (Å²) in [5.41, 5.74) is 0.563. The molecule has 2 rings (SSSR count). The lowest BCUT2D eigenvalue weighted by molar-refractivity contribution is 0.0758. The minimum absolute atomic E-state index is 0.00714. The van der Waals surface area contributed by atoms with Crippen molar-refractivity contribution in [1.82, 2.24) is 9.80 Å². The van der Waals surface area contributed by atoms with Crippen LogP contribution >= 0.6 is 0 Å². The molecule has 0 bridgehead atoms. The van der Waals surface area contributed by atoms with E-state index in [1.807, 2.05) is 4.90 Å². The molecule has 1 saturated heterocycles. The Labute approximate surface area is 126 Å². The van der Waals surface area contributed by atoms with Gasteiger partial charge in [-0.3, -0.25) is 4.79 Å². The maximum atomic E-state index is 12.6. The van der Waals surface area contributed by atoms with Crippen LogP contribution in [0.5, 0.6) is 11.5 Å². The molecule has 1 aromatic carbocycles. The van der Waals surface area contributed by atoms with Gasteiger partial charge in [-0.15, -0.1) is 0 Å². The fourth-order valence-electron chi connectivity index (χ4n) is 2.79. The predicted octanol–water partition coefficient (Wildman–Crippen LogP) is 1.96. The van der Waals surface area contributed by atoms with Gasteiger partial charge in [0.1, 0.15) is 0 Å². The van der Waals surface area contributed by atoms with Crippen LogP contribution in [0.1, 0.15) is 29.6 Å². The number of nitrogens with zero attached hydrogens (tertiary/aromatic N) is 2. The average molecular weight is 292 g/mol. The summed E-state index contributed by atoms with van der Waals surface area (Å²) in [4.78, 5) is 16.7. The lowest BCUT2D eigenvalue weighted by Crippen LogP contribution is -2.33. The van der Waals surface area contributed by atoms with E-state index in [1.165, 1.54) is 13.2 Å². The number of methoxy groups -OCH3 is 1. The van der Waals surface area contributed by atoms with Crippen molar-refractivity contribution in [3.05, 3.63) is 23.8 Å². The molecule has 1 aliphatic heterocycles. The van der Waals surface area contributed by atoms with E-state index in [9.17, 15) is 9.90 Å². The highest BCUT2D eigenvalue weighted by Crippen LogP contribution is 2.27. The number of amides is 1. The largest absolute Gasteiger partial charge is 0.504 e. The van der Waals surface area contributed by atoms with Crippen LogP contribution in [0.4, 0.5) is 0 Å². The Hall–Kier alpha value is -1.75. The number of ether oxygens (including phenoxy) is 1. The van der Waals surface area contributed by atoms with Crippen molar-refractivity contribution in [2.75, 3.05) is 34.3 Å². The van der Waals surface area contributed by atoms with E-state index in [4.69, 9.17) is 4.74 Å². The Balaban J connectivity index is 2.09. The van der Waals surface area contributed by atoms with Crippen LogP contribution in [0.2, 0.25) is 0 Å². The third kappa shape index (κ3) is 3.67. The highest BCUT2D eigenvalue weighted by atomic mass is 16.5. The van der Waals surface area contributed by atoms with E-state index in [-0.39, 0.29) is 11.7 Å². The molecule has 21 heavy (non-hydrogen) atoms. The van der Waals surface area contributed by atoms with Crippen LogP contribution in [-0.2, 0) is 0 Å². The Morgan fingerprint density at radius 1 is 1.33 bits per heavy atom. The van der Waals surface area contributed by atoms with Crippen molar-refractivity contribution in [3.8, 4) is 11.5 Å². The van der Waals surface area contributed by atoms with Gasteiger partial charge in [-0.1, -0.05) is 0 Å². The first-order valence-electron chi connectivity index (χ1n) is 7.35. The topological polar surface area (TPSA) is 53.0 Å². The van der Waals surface area contributed by atoms with Gasteiger partial charge < -0.3 is 19.6 Å². The number of carbonyl (C=O) groups is 1. The Morgan fingerprint density at radius 3 is 2.76 bits per heavy atom. The second-order valence-corrected chi connectivity index (χ2v) is 5.73. The molecule has 5 nitrogen and oxygen atoms in total. The molecule has 0 unspecified atom stereocenters. The highest BCUT2D eigenvalue weighted by molar-refractivity contribution is 5.95. The molecule has 1 N–H and O–H groups in total. The van der Waals surface area contributed by atoms with Crippen molar-refractivity contribution in [2.45, 2.75) is 25.3 Å². The van der Waals surface area contributed by atoms with E-state index < -0.39 is 0 Å². The summed E-state index contributed by atoms with van der Waals surface area (Å²) in [6.45, 7) is 1.55. The minimum atomic E-state index is 0.00714. The molecular formula is C16H24N2O3. The van der Waals surface area contributed by atoms with Gasteiger partial charge in [-0.05, 0) is 51.6 Å². The number of likely N-dealkylation sites (tertiary alicyclic amines) is 1. The van der Waals surface area contributed by atoms with Gasteiger partial charge in [0.05, 0.1) is 7.11 Å². The Bertz CT molecular complexity index is 502. The van der Waals surface area contributed by atoms with E-state index in [1.54, 1.807) is 12.1 Å². The van der Waals surface area contributed by atoms with Gasteiger partial charge in [-0.25, -0.2) is 0 Å². The number of benzene rings is 1. The molecule has 116 valence electrons. The zero-order valence-corrected chi connectivity index (χ0v) is 13.0. The minimum Gasteiger partial charge on any atom is -0.504 e. The van der Waals surface area contributed by atoms with Gasteiger partial charge in [-0.2, -0.15) is 0 Å². The van der Waals surface area contributed by atoms with Crippen LogP contribution < -0.4 is 4.74 Å². The Morgan fingerprint density at radius 2 is 2.10 bits per heavy atom. The van der Waals surface area contributed by atoms with Gasteiger partial charge in [0, 0.05) is 24.7 Å². The molecule has 1 heterocycles. The molecule has 1 amide bonds. The van der Waals surface area contributed by atoms with Crippen molar-refractivity contribution in [3.63, 3.8) is 0 Å². The van der Waals surface area contributed by atoms with Crippen LogP contribution in [0.15, 0.2) is 18.2 Å². The molecule has 0 aromatic heterocycles. The molecule has 1 aliphatic rings. The van der Waals surface area contributed by atoms with Crippen molar-refractivity contribution in [2.24, 2.45) is 0 Å².